The summed E-state index contributed by atoms with van der Waals surface area (Å²) in [5.41, 5.74) is 7.34. The molecule has 1 aromatic heterocycles. The Morgan fingerprint density at radius 3 is 2.48 bits per heavy atom. The van der Waals surface area contributed by atoms with Gasteiger partial charge in [0.25, 0.3) is 11.8 Å². The van der Waals surface area contributed by atoms with E-state index in [2.05, 4.69) is 10.3 Å². The van der Waals surface area contributed by atoms with Crippen molar-refractivity contribution in [3.8, 4) is 5.88 Å². The molecular weight excluding hydrogens is 368 g/mol. The maximum Gasteiger partial charge on any atom is 0.271 e. The van der Waals surface area contributed by atoms with E-state index in [0.717, 1.165) is 16.3 Å². The van der Waals surface area contributed by atoms with Crippen molar-refractivity contribution < 1.29 is 14.7 Å². The Hall–Kier alpha value is -4.13. The molecule has 1 heterocycles. The quantitative estimate of drug-likeness (QED) is 0.489. The molecule has 7 heteroatoms. The number of nitrogens with one attached hydrogen (secondary N) is 1. The van der Waals surface area contributed by atoms with E-state index < -0.39 is 11.8 Å². The largest absolute Gasteiger partial charge is 0.492 e. The molecule has 4 aromatic rings. The lowest BCUT2D eigenvalue weighted by Gasteiger charge is -2.10. The number of aromatic hydroxyl groups is 1. The van der Waals surface area contributed by atoms with E-state index in [1.54, 1.807) is 18.2 Å². The van der Waals surface area contributed by atoms with Gasteiger partial charge in [-0.25, -0.2) is 4.98 Å². The summed E-state index contributed by atoms with van der Waals surface area (Å²) in [5.74, 6) is -1.33. The van der Waals surface area contributed by atoms with Gasteiger partial charge < -0.3 is 20.7 Å². The van der Waals surface area contributed by atoms with Gasteiger partial charge in [-0.1, -0.05) is 48.5 Å². The Morgan fingerprint density at radius 1 is 1.00 bits per heavy atom. The number of imidazole rings is 1. The summed E-state index contributed by atoms with van der Waals surface area (Å²) in [5, 5.41) is 14.4. The molecule has 29 heavy (non-hydrogen) atoms. The summed E-state index contributed by atoms with van der Waals surface area (Å²) < 4.78 is 1.47. The summed E-state index contributed by atoms with van der Waals surface area (Å²) in [6.45, 7) is 0.309. The summed E-state index contributed by atoms with van der Waals surface area (Å²) in [6.07, 6.45) is 1.35. The van der Waals surface area contributed by atoms with Crippen LogP contribution in [0.3, 0.4) is 0 Å². The zero-order valence-electron chi connectivity index (χ0n) is 15.4. The third-order valence-electron chi connectivity index (χ3n) is 4.65. The van der Waals surface area contributed by atoms with Gasteiger partial charge in [0.15, 0.2) is 5.69 Å². The van der Waals surface area contributed by atoms with E-state index >= 15 is 0 Å². The number of fused-ring (bicyclic) bond motifs is 1. The van der Waals surface area contributed by atoms with Crippen LogP contribution in [0.2, 0.25) is 0 Å². The number of hydrogen-bond donors (Lipinski definition) is 3. The zero-order chi connectivity index (χ0) is 20.4. The van der Waals surface area contributed by atoms with Crippen LogP contribution in [0.4, 0.5) is 5.69 Å². The van der Waals surface area contributed by atoms with Crippen molar-refractivity contribution in [2.75, 3.05) is 5.32 Å². The molecule has 2 amide bonds. The highest BCUT2D eigenvalue weighted by molar-refractivity contribution is 6.12. The van der Waals surface area contributed by atoms with Crippen LogP contribution in [0.25, 0.3) is 10.8 Å². The molecule has 4 N–H and O–H groups in total. The molecule has 0 radical (unpaired) electrons. The van der Waals surface area contributed by atoms with E-state index in [1.807, 2.05) is 48.5 Å². The van der Waals surface area contributed by atoms with Gasteiger partial charge in [0.1, 0.15) is 0 Å². The van der Waals surface area contributed by atoms with Crippen molar-refractivity contribution in [3.63, 3.8) is 0 Å². The lowest BCUT2D eigenvalue weighted by molar-refractivity contribution is 0.0987. The van der Waals surface area contributed by atoms with Crippen molar-refractivity contribution >= 4 is 28.3 Å². The smallest absolute Gasteiger partial charge is 0.271 e. The summed E-state index contributed by atoms with van der Waals surface area (Å²) in [4.78, 5) is 27.9. The number of amides is 2. The second-order valence-electron chi connectivity index (χ2n) is 6.59. The standard InChI is InChI=1S/C22H18N4O3/c23-20(27)19-22(29)24-13-26(19)12-14-8-10-16(11-9-14)25-21(28)18-7-3-5-15-4-1-2-6-17(15)18/h1-11,13,29H,12H2,(H2,23,27)(H,25,28). The Balaban J connectivity index is 1.51. The summed E-state index contributed by atoms with van der Waals surface area (Å²) in [7, 11) is 0. The molecule has 0 aliphatic rings. The number of carbonyl (C=O) groups is 2. The van der Waals surface area contributed by atoms with Gasteiger partial charge in [0.2, 0.25) is 5.88 Å². The van der Waals surface area contributed by atoms with Gasteiger partial charge >= 0.3 is 0 Å². The van der Waals surface area contributed by atoms with Gasteiger partial charge in [-0.05, 0) is 34.5 Å². The first kappa shape index (κ1) is 18.2. The second-order valence-corrected chi connectivity index (χ2v) is 6.59. The predicted molar refractivity (Wildman–Crippen MR) is 110 cm³/mol. The first-order valence-corrected chi connectivity index (χ1v) is 8.95. The van der Waals surface area contributed by atoms with Gasteiger partial charge in [0.05, 0.1) is 6.33 Å². The van der Waals surface area contributed by atoms with Crippen LogP contribution in [0.5, 0.6) is 5.88 Å². The van der Waals surface area contributed by atoms with Gasteiger partial charge in [-0.3, -0.25) is 9.59 Å². The Kier molecular flexibility index (Phi) is 4.70. The maximum absolute atomic E-state index is 12.7. The molecule has 3 aromatic carbocycles. The average molecular weight is 386 g/mol. The molecule has 0 saturated heterocycles. The molecule has 144 valence electrons. The zero-order valence-corrected chi connectivity index (χ0v) is 15.4. The molecule has 0 unspecified atom stereocenters. The number of nitrogens with two attached hydrogens (primary N) is 1. The highest BCUT2D eigenvalue weighted by Crippen LogP contribution is 2.21. The van der Waals surface area contributed by atoms with Crippen molar-refractivity contribution in [2.24, 2.45) is 5.73 Å². The lowest BCUT2D eigenvalue weighted by atomic mass is 10.0. The first-order valence-electron chi connectivity index (χ1n) is 8.95. The van der Waals surface area contributed by atoms with Crippen LogP contribution < -0.4 is 11.1 Å². The number of carbonyl (C=O) groups excluding carboxylic acids is 2. The Morgan fingerprint density at radius 2 is 1.72 bits per heavy atom. The second kappa shape index (κ2) is 7.47. The minimum Gasteiger partial charge on any atom is -0.492 e. The van der Waals surface area contributed by atoms with E-state index in [9.17, 15) is 14.7 Å². The molecule has 0 bridgehead atoms. The number of rotatable bonds is 5. The fourth-order valence-electron chi connectivity index (χ4n) is 3.26. The molecule has 0 saturated carbocycles. The highest BCUT2D eigenvalue weighted by Gasteiger charge is 2.16. The van der Waals surface area contributed by atoms with Gasteiger partial charge in [0, 0.05) is 17.8 Å². The molecule has 0 aliphatic carbocycles. The molecule has 0 fully saturated rings. The van der Waals surface area contributed by atoms with Gasteiger partial charge in [-0.2, -0.15) is 0 Å². The van der Waals surface area contributed by atoms with E-state index in [4.69, 9.17) is 5.73 Å². The first-order chi connectivity index (χ1) is 14.0. The summed E-state index contributed by atoms with van der Waals surface area (Å²) in [6, 6.07) is 20.5. The van der Waals surface area contributed by atoms with Crippen molar-refractivity contribution in [1.29, 1.82) is 0 Å². The van der Waals surface area contributed by atoms with E-state index in [1.165, 1.54) is 10.9 Å². The number of primary amides is 1. The lowest BCUT2D eigenvalue weighted by Crippen LogP contribution is -2.17. The van der Waals surface area contributed by atoms with E-state index in [-0.39, 0.29) is 11.6 Å². The monoisotopic (exact) mass is 386 g/mol. The number of hydrogen-bond acceptors (Lipinski definition) is 4. The third kappa shape index (κ3) is 3.66. The van der Waals surface area contributed by atoms with Crippen LogP contribution in [0.1, 0.15) is 26.4 Å². The van der Waals surface area contributed by atoms with Gasteiger partial charge in [-0.15, -0.1) is 0 Å². The molecule has 7 nitrogen and oxygen atoms in total. The average Bonchev–Trinajstić information content (AvgIpc) is 3.09. The topological polar surface area (TPSA) is 110 Å². The fourth-order valence-corrected chi connectivity index (χ4v) is 3.26. The number of benzene rings is 3. The van der Waals surface area contributed by atoms with Crippen molar-refractivity contribution in [3.05, 3.63) is 89.9 Å². The minimum absolute atomic E-state index is 0.0432. The number of anilines is 1. The molecule has 0 aliphatic heterocycles. The van der Waals surface area contributed by atoms with Crippen molar-refractivity contribution in [1.82, 2.24) is 9.55 Å². The predicted octanol–water partition coefficient (Wildman–Crippen LogP) is 3.14. The van der Waals surface area contributed by atoms with Crippen LogP contribution in [0.15, 0.2) is 73.1 Å². The molecular formula is C22H18N4O3. The number of nitrogens with zero attached hydrogens (tertiary/aromatic N) is 2. The van der Waals surface area contributed by atoms with E-state index in [0.29, 0.717) is 17.8 Å². The molecule has 0 atom stereocenters. The third-order valence-corrected chi connectivity index (χ3v) is 4.65. The van der Waals surface area contributed by atoms with Crippen LogP contribution >= 0.6 is 0 Å². The minimum atomic E-state index is -0.751. The maximum atomic E-state index is 12.7. The number of aromatic nitrogens is 2. The SMILES string of the molecule is NC(=O)c1c(O)ncn1Cc1ccc(NC(=O)c2cccc3ccccc23)cc1. The van der Waals surface area contributed by atoms with Crippen LogP contribution in [-0.2, 0) is 6.54 Å². The summed E-state index contributed by atoms with van der Waals surface area (Å²) >= 11 is 0. The van der Waals surface area contributed by atoms with Crippen molar-refractivity contribution in [2.45, 2.75) is 6.54 Å². The highest BCUT2D eigenvalue weighted by atomic mass is 16.3. The van der Waals surface area contributed by atoms with Crippen LogP contribution in [0, 0.1) is 0 Å². The normalized spacial score (nSPS) is 10.8. The van der Waals surface area contributed by atoms with Crippen LogP contribution in [-0.4, -0.2) is 26.5 Å². The Bertz CT molecular complexity index is 1210. The fraction of sp³-hybridized carbons (Fsp3) is 0.0455. The molecule has 0 spiro atoms. The molecule has 4 rings (SSSR count). The Labute approximate surface area is 166 Å².